The number of para-hydroxylation sites is 1. The van der Waals surface area contributed by atoms with Gasteiger partial charge in [0.2, 0.25) is 11.7 Å². The van der Waals surface area contributed by atoms with Gasteiger partial charge in [-0.25, -0.2) is 0 Å². The molecule has 104 valence electrons. The lowest BCUT2D eigenvalue weighted by Gasteiger charge is -2.21. The molecule has 0 radical (unpaired) electrons. The van der Waals surface area contributed by atoms with E-state index in [9.17, 15) is 19.3 Å². The van der Waals surface area contributed by atoms with Gasteiger partial charge in [0.25, 0.3) is 0 Å². The quantitative estimate of drug-likeness (QED) is 0.631. The van der Waals surface area contributed by atoms with Crippen molar-refractivity contribution < 1.29 is 14.1 Å². The Morgan fingerprint density at radius 3 is 2.53 bits per heavy atom. The van der Waals surface area contributed by atoms with Crippen molar-refractivity contribution in [2.75, 3.05) is 12.4 Å². The zero-order valence-corrected chi connectivity index (χ0v) is 10.9. The van der Waals surface area contributed by atoms with Gasteiger partial charge in [-0.2, -0.15) is 4.39 Å². The first-order valence-electron chi connectivity index (χ1n) is 5.79. The molecule has 0 aliphatic rings. The fourth-order valence-electron chi connectivity index (χ4n) is 1.68. The summed E-state index contributed by atoms with van der Waals surface area (Å²) in [4.78, 5) is 21.7. The molecule has 1 aromatic carbocycles. The van der Waals surface area contributed by atoms with Gasteiger partial charge in [0.1, 0.15) is 11.7 Å². The maximum Gasteiger partial charge on any atom is 0.327 e. The number of nitrogens with zero attached hydrogens (tertiary/aromatic N) is 1. The molecule has 0 heterocycles. The van der Waals surface area contributed by atoms with Crippen LogP contribution in [-0.2, 0) is 4.79 Å². The largest absolute Gasteiger partial charge is 0.368 e. The van der Waals surface area contributed by atoms with E-state index in [1.165, 1.54) is 19.2 Å². The monoisotopic (exact) mass is 269 g/mol. The Balaban J connectivity index is 3.13. The van der Waals surface area contributed by atoms with Gasteiger partial charge in [-0.3, -0.25) is 14.9 Å². The lowest BCUT2D eigenvalue weighted by atomic mass is 10.0. The van der Waals surface area contributed by atoms with Gasteiger partial charge in [0.15, 0.2) is 0 Å². The van der Waals surface area contributed by atoms with E-state index < -0.39 is 22.5 Å². The molecule has 1 unspecified atom stereocenters. The number of anilines is 1. The number of nitrogens with one attached hydrogen (secondary N) is 2. The average molecular weight is 269 g/mol. The van der Waals surface area contributed by atoms with Crippen LogP contribution in [0.5, 0.6) is 0 Å². The van der Waals surface area contributed by atoms with Gasteiger partial charge >= 0.3 is 5.69 Å². The third-order valence-electron chi connectivity index (χ3n) is 2.68. The van der Waals surface area contributed by atoms with Gasteiger partial charge in [0.05, 0.1) is 4.92 Å². The number of hydrogen-bond donors (Lipinski definition) is 2. The fraction of sp³-hybridized carbons (Fsp3) is 0.417. The van der Waals surface area contributed by atoms with Crippen molar-refractivity contribution in [3.05, 3.63) is 34.1 Å². The average Bonchev–Trinajstić information content (AvgIpc) is 2.34. The topological polar surface area (TPSA) is 84.3 Å². The maximum absolute atomic E-state index is 13.5. The van der Waals surface area contributed by atoms with Crippen LogP contribution in [0.1, 0.15) is 13.8 Å². The first kappa shape index (κ1) is 14.9. The van der Waals surface area contributed by atoms with Crippen LogP contribution in [-0.4, -0.2) is 23.9 Å². The summed E-state index contributed by atoms with van der Waals surface area (Å²) >= 11 is 0. The van der Waals surface area contributed by atoms with Gasteiger partial charge in [0, 0.05) is 7.05 Å². The van der Waals surface area contributed by atoms with Crippen LogP contribution in [0, 0.1) is 21.8 Å². The van der Waals surface area contributed by atoms with Crippen LogP contribution in [0.2, 0.25) is 0 Å². The van der Waals surface area contributed by atoms with E-state index in [1.54, 1.807) is 13.8 Å². The second kappa shape index (κ2) is 6.12. The molecule has 0 aliphatic heterocycles. The second-order valence-corrected chi connectivity index (χ2v) is 4.37. The third kappa shape index (κ3) is 3.40. The van der Waals surface area contributed by atoms with Crippen LogP contribution in [0.4, 0.5) is 15.8 Å². The summed E-state index contributed by atoms with van der Waals surface area (Å²) in [6.45, 7) is 3.58. The fourth-order valence-corrected chi connectivity index (χ4v) is 1.68. The van der Waals surface area contributed by atoms with E-state index in [1.807, 2.05) is 0 Å². The number of benzene rings is 1. The molecule has 0 spiro atoms. The molecule has 0 saturated heterocycles. The van der Waals surface area contributed by atoms with E-state index in [2.05, 4.69) is 10.6 Å². The number of nitro groups is 1. The van der Waals surface area contributed by atoms with E-state index in [0.29, 0.717) is 0 Å². The SMILES string of the molecule is CNC(=O)C(Nc1cccc(F)c1[N+](=O)[O-])C(C)C. The van der Waals surface area contributed by atoms with E-state index in [0.717, 1.165) is 6.07 Å². The molecule has 0 aliphatic carbocycles. The number of amides is 1. The standard InChI is InChI=1S/C12H16FN3O3/c1-7(2)10(12(17)14-3)15-9-6-4-5-8(13)11(9)16(18)19/h4-7,10,15H,1-3H3,(H,14,17). The molecule has 2 N–H and O–H groups in total. The zero-order chi connectivity index (χ0) is 14.6. The highest BCUT2D eigenvalue weighted by molar-refractivity contribution is 5.85. The normalized spacial score (nSPS) is 12.1. The Hall–Kier alpha value is -2.18. The third-order valence-corrected chi connectivity index (χ3v) is 2.68. The predicted octanol–water partition coefficient (Wildman–Crippen LogP) is 1.92. The van der Waals surface area contributed by atoms with Crippen molar-refractivity contribution in [3.63, 3.8) is 0 Å². The number of carbonyl (C=O) groups excluding carboxylic acids is 1. The highest BCUT2D eigenvalue weighted by Gasteiger charge is 2.26. The molecule has 6 nitrogen and oxygen atoms in total. The smallest absolute Gasteiger partial charge is 0.327 e. The minimum atomic E-state index is -0.936. The van der Waals surface area contributed by atoms with Crippen LogP contribution in [0.25, 0.3) is 0 Å². The van der Waals surface area contributed by atoms with Crippen LogP contribution >= 0.6 is 0 Å². The Kier molecular flexibility index (Phi) is 4.80. The first-order valence-corrected chi connectivity index (χ1v) is 5.79. The molecule has 1 aromatic rings. The maximum atomic E-state index is 13.5. The van der Waals surface area contributed by atoms with Crippen LogP contribution < -0.4 is 10.6 Å². The molecule has 0 bridgehead atoms. The summed E-state index contributed by atoms with van der Waals surface area (Å²) in [7, 11) is 1.47. The van der Waals surface area contributed by atoms with Crippen LogP contribution in [0.15, 0.2) is 18.2 Å². The summed E-state index contributed by atoms with van der Waals surface area (Å²) < 4.78 is 13.5. The molecular weight excluding hydrogens is 253 g/mol. The molecular formula is C12H16FN3O3. The summed E-state index contributed by atoms with van der Waals surface area (Å²) in [6, 6.07) is 3.06. The molecule has 19 heavy (non-hydrogen) atoms. The van der Waals surface area contributed by atoms with Crippen LogP contribution in [0.3, 0.4) is 0 Å². The number of hydrogen-bond acceptors (Lipinski definition) is 4. The Labute approximate surface area is 110 Å². The van der Waals surface area contributed by atoms with Gasteiger partial charge in [-0.15, -0.1) is 0 Å². The predicted molar refractivity (Wildman–Crippen MR) is 69.4 cm³/mol. The molecule has 0 fully saturated rings. The van der Waals surface area contributed by atoms with Gasteiger partial charge in [-0.1, -0.05) is 19.9 Å². The van der Waals surface area contributed by atoms with Crippen molar-refractivity contribution in [1.29, 1.82) is 0 Å². The van der Waals surface area contributed by atoms with Crippen molar-refractivity contribution in [1.82, 2.24) is 5.32 Å². The van der Waals surface area contributed by atoms with Gasteiger partial charge in [-0.05, 0) is 18.1 Å². The first-order chi connectivity index (χ1) is 8.88. The Bertz CT molecular complexity index is 491. The second-order valence-electron chi connectivity index (χ2n) is 4.37. The van der Waals surface area contributed by atoms with Gasteiger partial charge < -0.3 is 10.6 Å². The Morgan fingerprint density at radius 2 is 2.05 bits per heavy atom. The number of likely N-dealkylation sites (N-methyl/N-ethyl adjacent to an activating group) is 1. The Morgan fingerprint density at radius 1 is 1.42 bits per heavy atom. The van der Waals surface area contributed by atoms with Crippen molar-refractivity contribution in [2.45, 2.75) is 19.9 Å². The van der Waals surface area contributed by atoms with Crippen molar-refractivity contribution in [2.24, 2.45) is 5.92 Å². The summed E-state index contributed by atoms with van der Waals surface area (Å²) in [5, 5.41) is 16.0. The number of nitro benzene ring substituents is 1. The zero-order valence-electron chi connectivity index (χ0n) is 10.9. The minimum absolute atomic E-state index is 0.00713. The van der Waals surface area contributed by atoms with E-state index >= 15 is 0 Å². The molecule has 1 atom stereocenters. The highest BCUT2D eigenvalue weighted by atomic mass is 19.1. The molecule has 0 saturated carbocycles. The summed E-state index contributed by atoms with van der Waals surface area (Å²) in [5.74, 6) is -1.36. The van der Waals surface area contributed by atoms with Crippen molar-refractivity contribution in [3.8, 4) is 0 Å². The van der Waals surface area contributed by atoms with E-state index in [4.69, 9.17) is 0 Å². The molecule has 1 amide bonds. The summed E-state index contributed by atoms with van der Waals surface area (Å²) in [6.07, 6.45) is 0. The minimum Gasteiger partial charge on any atom is -0.368 e. The number of halogens is 1. The lowest BCUT2D eigenvalue weighted by Crippen LogP contribution is -2.41. The number of rotatable bonds is 5. The number of carbonyl (C=O) groups is 1. The summed E-state index contributed by atoms with van der Waals surface area (Å²) in [5.41, 5.74) is -0.663. The highest BCUT2D eigenvalue weighted by Crippen LogP contribution is 2.28. The lowest BCUT2D eigenvalue weighted by molar-refractivity contribution is -0.386. The van der Waals surface area contributed by atoms with E-state index in [-0.39, 0.29) is 17.5 Å². The molecule has 0 aromatic heterocycles. The molecule has 7 heteroatoms. The van der Waals surface area contributed by atoms with Crippen molar-refractivity contribution >= 4 is 17.3 Å². The molecule has 1 rings (SSSR count).